The molecule has 5 heteroatoms. The fourth-order valence-electron chi connectivity index (χ4n) is 3.91. The van der Waals surface area contributed by atoms with Crippen LogP contribution in [0.1, 0.15) is 72.6 Å². The van der Waals surface area contributed by atoms with E-state index in [4.69, 9.17) is 0 Å². The van der Waals surface area contributed by atoms with Gasteiger partial charge in [0.25, 0.3) is 11.5 Å². The van der Waals surface area contributed by atoms with Gasteiger partial charge in [-0.2, -0.15) is 0 Å². The third-order valence-electron chi connectivity index (χ3n) is 5.50. The summed E-state index contributed by atoms with van der Waals surface area (Å²) >= 11 is 0. The fraction of sp³-hybridized carbons (Fsp3) is 0.522. The van der Waals surface area contributed by atoms with Crippen molar-refractivity contribution in [2.45, 2.75) is 71.3 Å². The van der Waals surface area contributed by atoms with Crippen molar-refractivity contribution in [3.05, 3.63) is 63.3 Å². The standard InChI is InChI=1S/C23H31N3O2/c1-2-3-15-26-21-11-7-5-4-6-10-19(21)16-20(23(26)28)22(27)25-14-12-18-9-8-13-24-17-18/h8-9,13,16-17H,2-7,10-12,14-15H2,1H3,(H,25,27). The van der Waals surface area contributed by atoms with Crippen LogP contribution in [0.5, 0.6) is 0 Å². The third kappa shape index (κ3) is 5.09. The molecule has 0 saturated carbocycles. The molecular formula is C23H31N3O2. The van der Waals surface area contributed by atoms with Crippen LogP contribution in [0.15, 0.2) is 35.4 Å². The van der Waals surface area contributed by atoms with Crippen molar-refractivity contribution in [2.24, 2.45) is 0 Å². The normalized spacial score (nSPS) is 14.0. The second-order valence-electron chi connectivity index (χ2n) is 7.62. The van der Waals surface area contributed by atoms with Crippen molar-refractivity contribution in [1.82, 2.24) is 14.9 Å². The molecule has 0 saturated heterocycles. The van der Waals surface area contributed by atoms with Crippen molar-refractivity contribution in [3.63, 3.8) is 0 Å². The molecule has 2 aromatic heterocycles. The van der Waals surface area contributed by atoms with Gasteiger partial charge in [-0.05, 0) is 61.8 Å². The zero-order valence-electron chi connectivity index (χ0n) is 16.9. The van der Waals surface area contributed by atoms with Crippen LogP contribution < -0.4 is 10.9 Å². The van der Waals surface area contributed by atoms with Crippen LogP contribution in [0.2, 0.25) is 0 Å². The first-order valence-corrected chi connectivity index (χ1v) is 10.6. The van der Waals surface area contributed by atoms with Crippen LogP contribution >= 0.6 is 0 Å². The lowest BCUT2D eigenvalue weighted by molar-refractivity contribution is 0.0951. The Bertz CT molecular complexity index is 843. The number of hydrogen-bond donors (Lipinski definition) is 1. The number of aryl methyl sites for hydroxylation is 1. The summed E-state index contributed by atoms with van der Waals surface area (Å²) in [5.74, 6) is -0.260. The van der Waals surface area contributed by atoms with Gasteiger partial charge in [-0.25, -0.2) is 0 Å². The second kappa shape index (κ2) is 10.2. The van der Waals surface area contributed by atoms with Crippen molar-refractivity contribution in [2.75, 3.05) is 6.54 Å². The molecule has 28 heavy (non-hydrogen) atoms. The Balaban J connectivity index is 1.81. The van der Waals surface area contributed by atoms with Gasteiger partial charge in [0.1, 0.15) is 5.56 Å². The van der Waals surface area contributed by atoms with Crippen LogP contribution in [0.25, 0.3) is 0 Å². The van der Waals surface area contributed by atoms with Crippen molar-refractivity contribution >= 4 is 5.91 Å². The number of unbranched alkanes of at least 4 members (excludes halogenated alkanes) is 1. The molecule has 150 valence electrons. The predicted molar refractivity (Wildman–Crippen MR) is 112 cm³/mol. The third-order valence-corrected chi connectivity index (χ3v) is 5.50. The first-order valence-electron chi connectivity index (χ1n) is 10.6. The maximum atomic E-state index is 13.1. The highest BCUT2D eigenvalue weighted by molar-refractivity contribution is 5.94. The average molecular weight is 382 g/mol. The number of nitrogens with one attached hydrogen (secondary N) is 1. The number of fused-ring (bicyclic) bond motifs is 1. The molecule has 2 heterocycles. The molecule has 0 aliphatic heterocycles. The molecule has 0 fully saturated rings. The summed E-state index contributed by atoms with van der Waals surface area (Å²) in [5, 5.41) is 2.93. The molecule has 1 N–H and O–H groups in total. The minimum atomic E-state index is -0.260. The van der Waals surface area contributed by atoms with E-state index in [1.807, 2.05) is 22.8 Å². The topological polar surface area (TPSA) is 64.0 Å². The Kier molecular flexibility index (Phi) is 7.40. The Morgan fingerprint density at radius 1 is 1.21 bits per heavy atom. The molecule has 3 rings (SSSR count). The van der Waals surface area contributed by atoms with E-state index in [1.54, 1.807) is 12.4 Å². The SMILES string of the molecule is CCCCn1c2c(cc(C(=O)NCCc3cccnc3)c1=O)CCCCCC2. The summed E-state index contributed by atoms with van der Waals surface area (Å²) in [7, 11) is 0. The maximum absolute atomic E-state index is 13.1. The molecule has 1 aliphatic carbocycles. The number of amides is 1. The average Bonchev–Trinajstić information content (AvgIpc) is 2.69. The van der Waals surface area contributed by atoms with E-state index >= 15 is 0 Å². The van der Waals surface area contributed by atoms with Gasteiger partial charge in [-0.1, -0.05) is 32.3 Å². The monoisotopic (exact) mass is 381 g/mol. The summed E-state index contributed by atoms with van der Waals surface area (Å²) in [6, 6.07) is 5.74. The lowest BCUT2D eigenvalue weighted by Crippen LogP contribution is -2.36. The van der Waals surface area contributed by atoms with Gasteiger partial charge in [0.2, 0.25) is 0 Å². The van der Waals surface area contributed by atoms with Crippen LogP contribution in [0.3, 0.4) is 0 Å². The molecule has 2 aromatic rings. The molecule has 0 radical (unpaired) electrons. The molecule has 0 unspecified atom stereocenters. The molecule has 0 atom stereocenters. The number of carbonyl (C=O) groups excluding carboxylic acids is 1. The Labute approximate surface area is 167 Å². The van der Waals surface area contributed by atoms with Gasteiger partial charge in [0, 0.05) is 31.2 Å². The van der Waals surface area contributed by atoms with E-state index in [9.17, 15) is 9.59 Å². The van der Waals surface area contributed by atoms with Gasteiger partial charge in [0.05, 0.1) is 0 Å². The van der Waals surface area contributed by atoms with E-state index in [1.165, 1.54) is 18.4 Å². The number of hydrogen-bond acceptors (Lipinski definition) is 3. The summed E-state index contributed by atoms with van der Waals surface area (Å²) in [6.45, 7) is 3.33. The highest BCUT2D eigenvalue weighted by Gasteiger charge is 2.19. The van der Waals surface area contributed by atoms with E-state index in [2.05, 4.69) is 17.2 Å². The first-order chi connectivity index (χ1) is 13.7. The van der Waals surface area contributed by atoms with Crippen LogP contribution in [0.4, 0.5) is 0 Å². The van der Waals surface area contributed by atoms with E-state index in [-0.39, 0.29) is 11.5 Å². The van der Waals surface area contributed by atoms with Gasteiger partial charge < -0.3 is 9.88 Å². The predicted octanol–water partition coefficient (Wildman–Crippen LogP) is 3.67. The number of rotatable bonds is 7. The van der Waals surface area contributed by atoms with Gasteiger partial charge >= 0.3 is 0 Å². The number of aromatic nitrogens is 2. The summed E-state index contributed by atoms with van der Waals surface area (Å²) < 4.78 is 1.89. The maximum Gasteiger partial charge on any atom is 0.263 e. The lowest BCUT2D eigenvalue weighted by Gasteiger charge is -2.21. The molecule has 1 amide bonds. The first kappa shape index (κ1) is 20.3. The number of carbonyl (C=O) groups is 1. The molecule has 0 spiro atoms. The number of nitrogens with zero attached hydrogens (tertiary/aromatic N) is 2. The Morgan fingerprint density at radius 2 is 2.04 bits per heavy atom. The van der Waals surface area contributed by atoms with Crippen molar-refractivity contribution < 1.29 is 4.79 Å². The van der Waals surface area contributed by atoms with E-state index < -0.39 is 0 Å². The quantitative estimate of drug-likeness (QED) is 0.796. The van der Waals surface area contributed by atoms with Gasteiger partial charge in [0.15, 0.2) is 0 Å². The molecular weight excluding hydrogens is 350 g/mol. The van der Waals surface area contributed by atoms with Crippen LogP contribution in [-0.4, -0.2) is 22.0 Å². The molecule has 0 aromatic carbocycles. The van der Waals surface area contributed by atoms with Crippen LogP contribution in [-0.2, 0) is 25.8 Å². The van der Waals surface area contributed by atoms with Crippen molar-refractivity contribution in [3.8, 4) is 0 Å². The summed E-state index contributed by atoms with van der Waals surface area (Å²) in [4.78, 5) is 30.0. The summed E-state index contributed by atoms with van der Waals surface area (Å²) in [5.41, 5.74) is 3.58. The lowest BCUT2D eigenvalue weighted by atomic mass is 9.95. The molecule has 1 aliphatic rings. The Morgan fingerprint density at radius 3 is 2.79 bits per heavy atom. The van der Waals surface area contributed by atoms with Gasteiger partial charge in [-0.15, -0.1) is 0 Å². The highest BCUT2D eigenvalue weighted by Crippen LogP contribution is 2.20. The molecule has 5 nitrogen and oxygen atoms in total. The highest BCUT2D eigenvalue weighted by atomic mass is 16.2. The Hall–Kier alpha value is -2.43. The zero-order chi connectivity index (χ0) is 19.8. The number of pyridine rings is 2. The van der Waals surface area contributed by atoms with Crippen molar-refractivity contribution in [1.29, 1.82) is 0 Å². The summed E-state index contributed by atoms with van der Waals surface area (Å²) in [6.07, 6.45) is 12.8. The van der Waals surface area contributed by atoms with E-state index in [0.717, 1.165) is 49.8 Å². The largest absolute Gasteiger partial charge is 0.352 e. The zero-order valence-corrected chi connectivity index (χ0v) is 16.9. The minimum Gasteiger partial charge on any atom is -0.352 e. The minimum absolute atomic E-state index is 0.133. The smallest absolute Gasteiger partial charge is 0.263 e. The van der Waals surface area contributed by atoms with Gasteiger partial charge in [-0.3, -0.25) is 14.6 Å². The van der Waals surface area contributed by atoms with Crippen LogP contribution in [0, 0.1) is 0 Å². The molecule has 0 bridgehead atoms. The van der Waals surface area contributed by atoms with E-state index in [0.29, 0.717) is 25.1 Å². The second-order valence-corrected chi connectivity index (χ2v) is 7.62. The fourth-order valence-corrected chi connectivity index (χ4v) is 3.91.